The van der Waals surface area contributed by atoms with Crippen LogP contribution in [-0.2, 0) is 6.42 Å². The molecule has 24 heavy (non-hydrogen) atoms. The smallest absolute Gasteiger partial charge is 0.163 e. The lowest BCUT2D eigenvalue weighted by molar-refractivity contribution is 0.647. The minimum atomic E-state index is 0.428. The fourth-order valence-electron chi connectivity index (χ4n) is 2.88. The Balaban J connectivity index is 2.04. The van der Waals surface area contributed by atoms with E-state index in [4.69, 9.17) is 0 Å². The summed E-state index contributed by atoms with van der Waals surface area (Å²) in [4.78, 5) is 0. The van der Waals surface area contributed by atoms with E-state index in [2.05, 4.69) is 68.3 Å². The fraction of sp³-hybridized carbons (Fsp3) is 0.238. The summed E-state index contributed by atoms with van der Waals surface area (Å²) in [6, 6.07) is 20.7. The predicted molar refractivity (Wildman–Crippen MR) is 97.0 cm³/mol. The van der Waals surface area contributed by atoms with Gasteiger partial charge in [-0.3, -0.25) is 0 Å². The Bertz CT molecular complexity index is 880. The maximum atomic E-state index is 9.24. The number of nitriles is 1. The van der Waals surface area contributed by atoms with E-state index < -0.39 is 0 Å². The van der Waals surface area contributed by atoms with Crippen molar-refractivity contribution >= 4 is 0 Å². The molecule has 0 spiro atoms. The van der Waals surface area contributed by atoms with Gasteiger partial charge in [0.2, 0.25) is 0 Å². The maximum Gasteiger partial charge on any atom is 0.163 e. The summed E-state index contributed by atoms with van der Waals surface area (Å²) in [5.41, 5.74) is 5.90. The second kappa shape index (κ2) is 6.72. The van der Waals surface area contributed by atoms with Crippen LogP contribution in [0.2, 0.25) is 0 Å². The van der Waals surface area contributed by atoms with E-state index in [0.29, 0.717) is 11.6 Å². The van der Waals surface area contributed by atoms with E-state index in [1.54, 1.807) is 0 Å². The Labute approximate surface area is 143 Å². The van der Waals surface area contributed by atoms with Crippen LogP contribution in [0.3, 0.4) is 0 Å². The lowest BCUT2D eigenvalue weighted by atomic mass is 10.0. The van der Waals surface area contributed by atoms with E-state index in [1.807, 2.05) is 22.9 Å². The largest absolute Gasteiger partial charge is 0.232 e. The molecule has 0 amide bonds. The van der Waals surface area contributed by atoms with Gasteiger partial charge in [-0.25, -0.2) is 4.68 Å². The van der Waals surface area contributed by atoms with Crippen LogP contribution < -0.4 is 0 Å². The molecule has 3 aromatic rings. The average Bonchev–Trinajstić information content (AvgIpc) is 2.99. The highest BCUT2D eigenvalue weighted by molar-refractivity contribution is 5.64. The molecule has 3 rings (SSSR count). The molecule has 0 saturated heterocycles. The van der Waals surface area contributed by atoms with Crippen molar-refractivity contribution in [3.05, 3.63) is 71.4 Å². The van der Waals surface area contributed by atoms with Crippen molar-refractivity contribution in [3.63, 3.8) is 0 Å². The molecule has 3 heteroatoms. The molecule has 0 aliphatic carbocycles. The number of rotatable bonds is 4. The number of aryl methyl sites for hydroxylation is 1. The molecule has 2 aromatic carbocycles. The molecule has 0 saturated carbocycles. The summed E-state index contributed by atoms with van der Waals surface area (Å²) in [5.74, 6) is 0.638. The van der Waals surface area contributed by atoms with Crippen LogP contribution in [0, 0.1) is 24.2 Å². The van der Waals surface area contributed by atoms with Crippen molar-refractivity contribution in [1.82, 2.24) is 9.78 Å². The Morgan fingerprint density at radius 1 is 1.08 bits per heavy atom. The van der Waals surface area contributed by atoms with Crippen molar-refractivity contribution in [2.75, 3.05) is 0 Å². The van der Waals surface area contributed by atoms with Gasteiger partial charge in [-0.2, -0.15) is 10.4 Å². The molecule has 1 heterocycles. The van der Waals surface area contributed by atoms with Crippen LogP contribution in [0.5, 0.6) is 0 Å². The highest BCUT2D eigenvalue weighted by Gasteiger charge is 2.12. The lowest BCUT2D eigenvalue weighted by Gasteiger charge is -2.10. The first-order valence-corrected chi connectivity index (χ1v) is 8.23. The Morgan fingerprint density at radius 2 is 1.83 bits per heavy atom. The molecule has 3 nitrogen and oxygen atoms in total. The van der Waals surface area contributed by atoms with Crippen molar-refractivity contribution in [2.24, 2.45) is 5.92 Å². The Morgan fingerprint density at radius 3 is 2.46 bits per heavy atom. The first kappa shape index (κ1) is 16.0. The first-order chi connectivity index (χ1) is 11.6. The van der Waals surface area contributed by atoms with E-state index in [9.17, 15) is 5.26 Å². The third-order valence-electron chi connectivity index (χ3n) is 3.96. The summed E-state index contributed by atoms with van der Waals surface area (Å²) < 4.78 is 1.85. The highest BCUT2D eigenvalue weighted by Crippen LogP contribution is 2.25. The van der Waals surface area contributed by atoms with Crippen molar-refractivity contribution < 1.29 is 0 Å². The van der Waals surface area contributed by atoms with Gasteiger partial charge in [0.05, 0.1) is 11.4 Å². The monoisotopic (exact) mass is 315 g/mol. The molecule has 1 aromatic heterocycles. The van der Waals surface area contributed by atoms with Gasteiger partial charge in [-0.15, -0.1) is 0 Å². The highest BCUT2D eigenvalue weighted by atomic mass is 15.3. The van der Waals surface area contributed by atoms with Crippen LogP contribution in [0.15, 0.2) is 54.6 Å². The zero-order chi connectivity index (χ0) is 17.1. The van der Waals surface area contributed by atoms with Crippen LogP contribution in [-0.4, -0.2) is 9.78 Å². The molecule has 0 aliphatic rings. The fourth-order valence-corrected chi connectivity index (χ4v) is 2.88. The van der Waals surface area contributed by atoms with E-state index >= 15 is 0 Å². The number of nitrogens with zero attached hydrogens (tertiary/aromatic N) is 3. The number of benzene rings is 2. The predicted octanol–water partition coefficient (Wildman–Crippen LogP) is 4.92. The van der Waals surface area contributed by atoms with Crippen LogP contribution in [0.25, 0.3) is 16.9 Å². The zero-order valence-electron chi connectivity index (χ0n) is 14.3. The molecule has 0 N–H and O–H groups in total. The molecule has 0 unspecified atom stereocenters. The van der Waals surface area contributed by atoms with Gasteiger partial charge in [-0.1, -0.05) is 50.2 Å². The van der Waals surface area contributed by atoms with Crippen molar-refractivity contribution in [3.8, 4) is 23.0 Å². The molecule has 120 valence electrons. The van der Waals surface area contributed by atoms with Gasteiger partial charge in [-0.05, 0) is 42.5 Å². The molecule has 0 bridgehead atoms. The molecule has 0 radical (unpaired) electrons. The lowest BCUT2D eigenvalue weighted by Crippen LogP contribution is -2.00. The first-order valence-electron chi connectivity index (χ1n) is 8.23. The quantitative estimate of drug-likeness (QED) is 0.686. The van der Waals surface area contributed by atoms with Crippen LogP contribution >= 0.6 is 0 Å². The summed E-state index contributed by atoms with van der Waals surface area (Å²) >= 11 is 0. The zero-order valence-corrected chi connectivity index (χ0v) is 14.3. The Kier molecular flexibility index (Phi) is 4.48. The SMILES string of the molecule is Cc1cccc(-n2nc(C#N)cc2-c2ccc(CC(C)C)cc2)c1. The third kappa shape index (κ3) is 3.38. The van der Waals surface area contributed by atoms with Gasteiger partial charge < -0.3 is 0 Å². The molecule has 0 atom stereocenters. The molecule has 0 aliphatic heterocycles. The van der Waals surface area contributed by atoms with Crippen molar-refractivity contribution in [1.29, 1.82) is 5.26 Å². The second-order valence-electron chi connectivity index (χ2n) is 6.57. The van der Waals surface area contributed by atoms with Crippen LogP contribution in [0.4, 0.5) is 0 Å². The number of aromatic nitrogens is 2. The Hall–Kier alpha value is -2.86. The van der Waals surface area contributed by atoms with Gasteiger partial charge in [0.1, 0.15) is 6.07 Å². The van der Waals surface area contributed by atoms with E-state index in [1.165, 1.54) is 11.1 Å². The maximum absolute atomic E-state index is 9.24. The summed E-state index contributed by atoms with van der Waals surface area (Å²) in [5, 5.41) is 13.7. The van der Waals surface area contributed by atoms with E-state index in [0.717, 1.165) is 23.4 Å². The number of hydrogen-bond donors (Lipinski definition) is 0. The van der Waals surface area contributed by atoms with Crippen molar-refractivity contribution in [2.45, 2.75) is 27.2 Å². The molecule has 0 fully saturated rings. The summed E-state index contributed by atoms with van der Waals surface area (Å²) in [6.07, 6.45) is 1.07. The average molecular weight is 315 g/mol. The minimum Gasteiger partial charge on any atom is -0.232 e. The summed E-state index contributed by atoms with van der Waals surface area (Å²) in [6.45, 7) is 6.50. The van der Waals surface area contributed by atoms with Gasteiger partial charge in [0.25, 0.3) is 0 Å². The van der Waals surface area contributed by atoms with Gasteiger partial charge in [0.15, 0.2) is 5.69 Å². The second-order valence-corrected chi connectivity index (χ2v) is 6.57. The van der Waals surface area contributed by atoms with E-state index in [-0.39, 0.29) is 0 Å². The topological polar surface area (TPSA) is 41.6 Å². The standard InChI is InChI=1S/C21H21N3/c1-15(2)11-17-7-9-18(10-8-17)21-13-19(14-22)23-24(21)20-6-4-5-16(3)12-20/h4-10,12-13,15H,11H2,1-3H3. The molecular formula is C21H21N3. The third-order valence-corrected chi connectivity index (χ3v) is 3.96. The van der Waals surface area contributed by atoms with Gasteiger partial charge in [0, 0.05) is 11.6 Å². The molecular weight excluding hydrogens is 294 g/mol. The summed E-state index contributed by atoms with van der Waals surface area (Å²) in [7, 11) is 0. The van der Waals surface area contributed by atoms with Crippen LogP contribution in [0.1, 0.15) is 30.7 Å². The van der Waals surface area contributed by atoms with Gasteiger partial charge >= 0.3 is 0 Å². The number of hydrogen-bond acceptors (Lipinski definition) is 2. The normalized spacial score (nSPS) is 10.8. The minimum absolute atomic E-state index is 0.428.